The number of aliphatic hydroxyl groups is 2. The fourth-order valence-electron chi connectivity index (χ4n) is 8.48. The van der Waals surface area contributed by atoms with Crippen LogP contribution in [0, 0.1) is 28.6 Å². The molecule has 41 heavy (non-hydrogen) atoms. The summed E-state index contributed by atoms with van der Waals surface area (Å²) in [5, 5.41) is 26.1. The van der Waals surface area contributed by atoms with Crippen LogP contribution in [0.3, 0.4) is 0 Å². The number of carbonyl (C=O) groups excluding carboxylic acids is 4. The molecule has 3 saturated carbocycles. The molecule has 0 aromatic heterocycles. The number of hydrogen-bond donors (Lipinski definition) is 3. The molecule has 0 aliphatic heterocycles. The highest BCUT2D eigenvalue weighted by Crippen LogP contribution is 2.67. The van der Waals surface area contributed by atoms with E-state index in [9.17, 15) is 29.4 Å². The van der Waals surface area contributed by atoms with Gasteiger partial charge in [-0.2, -0.15) is 0 Å². The quantitative estimate of drug-likeness (QED) is 0.411. The van der Waals surface area contributed by atoms with Crippen molar-refractivity contribution < 1.29 is 34.1 Å². The van der Waals surface area contributed by atoms with Gasteiger partial charge in [-0.05, 0) is 68.6 Å². The van der Waals surface area contributed by atoms with Crippen LogP contribution in [0.15, 0.2) is 54.1 Å². The number of nitrogens with one attached hydrogen (secondary N) is 1. The monoisotopic (exact) mass is 563 g/mol. The van der Waals surface area contributed by atoms with Crippen molar-refractivity contribution >= 4 is 23.4 Å². The summed E-state index contributed by atoms with van der Waals surface area (Å²) < 4.78 is 5.24. The fourth-order valence-corrected chi connectivity index (χ4v) is 8.48. The van der Waals surface area contributed by atoms with Crippen molar-refractivity contribution in [2.75, 3.05) is 6.61 Å². The molecule has 0 radical (unpaired) electrons. The second-order valence-electron chi connectivity index (χ2n) is 12.9. The number of esters is 1. The van der Waals surface area contributed by atoms with E-state index in [0.717, 1.165) is 24.0 Å². The van der Waals surface area contributed by atoms with Gasteiger partial charge in [-0.3, -0.25) is 19.2 Å². The molecule has 5 rings (SSSR count). The number of fused-ring (bicyclic) bond motifs is 5. The van der Waals surface area contributed by atoms with Gasteiger partial charge in [0.05, 0.1) is 18.6 Å². The average Bonchev–Trinajstić information content (AvgIpc) is 3.21. The third kappa shape index (κ3) is 5.10. The SMILES string of the molecule is C[C@H](NC(=O)CCC(=O)OCC(=O)[C@@]1(O)CC[C@@H]2[C@@H]3CCC4=CC(=O)C=C[C@]4(C)[C@@H]3[C@H](O)C[C@@]21C)c1ccccc1. The topological polar surface area (TPSA) is 130 Å². The summed E-state index contributed by atoms with van der Waals surface area (Å²) in [5.74, 6) is -1.55. The Hall–Kier alpha value is -3.10. The Balaban J connectivity index is 1.18. The van der Waals surface area contributed by atoms with E-state index in [2.05, 4.69) is 12.2 Å². The van der Waals surface area contributed by atoms with Crippen molar-refractivity contribution in [1.29, 1.82) is 0 Å². The Labute approximate surface area is 241 Å². The molecule has 1 amide bonds. The molecule has 3 fully saturated rings. The van der Waals surface area contributed by atoms with Crippen LogP contribution in [0.25, 0.3) is 0 Å². The number of benzene rings is 1. The molecule has 8 heteroatoms. The van der Waals surface area contributed by atoms with Gasteiger partial charge in [-0.15, -0.1) is 0 Å². The van der Waals surface area contributed by atoms with Gasteiger partial charge in [-0.1, -0.05) is 55.8 Å². The molecule has 220 valence electrons. The molecule has 8 atom stereocenters. The summed E-state index contributed by atoms with van der Waals surface area (Å²) >= 11 is 0. The zero-order chi connectivity index (χ0) is 29.6. The highest BCUT2D eigenvalue weighted by molar-refractivity contribution is 6.01. The maximum atomic E-state index is 13.4. The number of amides is 1. The van der Waals surface area contributed by atoms with Crippen LogP contribution in [0.1, 0.15) is 77.3 Å². The zero-order valence-corrected chi connectivity index (χ0v) is 24.1. The van der Waals surface area contributed by atoms with Crippen molar-refractivity contribution in [3.63, 3.8) is 0 Å². The summed E-state index contributed by atoms with van der Waals surface area (Å²) in [4.78, 5) is 50.2. The van der Waals surface area contributed by atoms with Crippen LogP contribution in [-0.2, 0) is 23.9 Å². The molecule has 0 saturated heterocycles. The highest BCUT2D eigenvalue weighted by Gasteiger charge is 2.68. The Kier molecular flexibility index (Phi) is 7.85. The molecule has 0 unspecified atom stereocenters. The Morgan fingerprint density at radius 3 is 2.59 bits per heavy atom. The lowest BCUT2D eigenvalue weighted by atomic mass is 9.46. The normalized spacial score (nSPS) is 36.3. The lowest BCUT2D eigenvalue weighted by molar-refractivity contribution is -0.181. The van der Waals surface area contributed by atoms with Crippen LogP contribution in [0.4, 0.5) is 0 Å². The molecule has 1 aromatic carbocycles. The first-order valence-electron chi connectivity index (χ1n) is 14.8. The van der Waals surface area contributed by atoms with Crippen LogP contribution in [0.2, 0.25) is 0 Å². The summed E-state index contributed by atoms with van der Waals surface area (Å²) in [6.45, 7) is 5.26. The van der Waals surface area contributed by atoms with E-state index in [-0.39, 0.29) is 61.2 Å². The van der Waals surface area contributed by atoms with Gasteiger partial charge in [0.25, 0.3) is 0 Å². The lowest BCUT2D eigenvalue weighted by Gasteiger charge is -2.59. The van der Waals surface area contributed by atoms with Gasteiger partial charge in [-0.25, -0.2) is 0 Å². The van der Waals surface area contributed by atoms with Crippen molar-refractivity contribution in [2.24, 2.45) is 28.6 Å². The second-order valence-corrected chi connectivity index (χ2v) is 12.9. The molecule has 1 aromatic rings. The number of aliphatic hydroxyl groups excluding tert-OH is 1. The summed E-state index contributed by atoms with van der Waals surface area (Å²) in [6.07, 6.45) is 6.88. The van der Waals surface area contributed by atoms with Gasteiger partial charge < -0.3 is 20.3 Å². The highest BCUT2D eigenvalue weighted by atomic mass is 16.5. The maximum absolute atomic E-state index is 13.4. The molecular weight excluding hydrogens is 522 g/mol. The Morgan fingerprint density at radius 2 is 1.85 bits per heavy atom. The lowest BCUT2D eigenvalue weighted by Crippen LogP contribution is -2.61. The van der Waals surface area contributed by atoms with Crippen LogP contribution >= 0.6 is 0 Å². The second kappa shape index (κ2) is 11.0. The Bertz CT molecular complexity index is 1290. The number of carbonyl (C=O) groups is 4. The molecular formula is C33H41NO7. The van der Waals surface area contributed by atoms with Crippen LogP contribution < -0.4 is 5.32 Å². The summed E-state index contributed by atoms with van der Waals surface area (Å²) in [6, 6.07) is 9.29. The molecule has 4 aliphatic carbocycles. The van der Waals surface area contributed by atoms with E-state index in [1.165, 1.54) is 0 Å². The molecule has 8 nitrogen and oxygen atoms in total. The number of allylic oxidation sites excluding steroid dienone is 4. The molecule has 0 bridgehead atoms. The first-order chi connectivity index (χ1) is 19.4. The van der Waals surface area contributed by atoms with E-state index in [4.69, 9.17) is 4.74 Å². The fraction of sp³-hybridized carbons (Fsp3) is 0.576. The minimum absolute atomic E-state index is 0.0141. The van der Waals surface area contributed by atoms with Crippen LogP contribution in [-0.4, -0.2) is 52.0 Å². The summed E-state index contributed by atoms with van der Waals surface area (Å²) in [5.41, 5.74) is -1.01. The van der Waals surface area contributed by atoms with Gasteiger partial charge in [0.2, 0.25) is 11.7 Å². The minimum Gasteiger partial charge on any atom is -0.458 e. The predicted molar refractivity (Wildman–Crippen MR) is 151 cm³/mol. The third-order valence-electron chi connectivity index (χ3n) is 10.7. The van der Waals surface area contributed by atoms with Crippen molar-refractivity contribution in [2.45, 2.75) is 83.5 Å². The maximum Gasteiger partial charge on any atom is 0.306 e. The van der Waals surface area contributed by atoms with E-state index < -0.39 is 40.9 Å². The van der Waals surface area contributed by atoms with Gasteiger partial charge in [0.15, 0.2) is 12.4 Å². The smallest absolute Gasteiger partial charge is 0.306 e. The van der Waals surface area contributed by atoms with E-state index in [1.54, 1.807) is 12.2 Å². The zero-order valence-electron chi connectivity index (χ0n) is 24.1. The molecule has 3 N–H and O–H groups in total. The molecule has 0 heterocycles. The van der Waals surface area contributed by atoms with Gasteiger partial charge in [0, 0.05) is 23.2 Å². The van der Waals surface area contributed by atoms with E-state index in [1.807, 2.05) is 50.3 Å². The number of ketones is 2. The number of ether oxygens (including phenoxy) is 1. The van der Waals surface area contributed by atoms with Crippen molar-refractivity contribution in [3.05, 3.63) is 59.7 Å². The first kappa shape index (κ1) is 29.4. The minimum atomic E-state index is -1.72. The average molecular weight is 564 g/mol. The van der Waals surface area contributed by atoms with Gasteiger partial charge in [0.1, 0.15) is 5.60 Å². The Morgan fingerprint density at radius 1 is 1.12 bits per heavy atom. The van der Waals surface area contributed by atoms with Gasteiger partial charge >= 0.3 is 5.97 Å². The predicted octanol–water partition coefficient (Wildman–Crippen LogP) is 3.77. The van der Waals surface area contributed by atoms with Crippen LogP contribution in [0.5, 0.6) is 0 Å². The largest absolute Gasteiger partial charge is 0.458 e. The molecule has 0 spiro atoms. The summed E-state index contributed by atoms with van der Waals surface area (Å²) in [7, 11) is 0. The van der Waals surface area contributed by atoms with Crippen molar-refractivity contribution in [3.8, 4) is 0 Å². The molecule has 4 aliphatic rings. The van der Waals surface area contributed by atoms with E-state index in [0.29, 0.717) is 6.42 Å². The van der Waals surface area contributed by atoms with E-state index >= 15 is 0 Å². The first-order valence-corrected chi connectivity index (χ1v) is 14.8. The standard InChI is InChI=1S/C33H41NO7/c1-20(21-7-5-4-6-8-21)34-28(38)11-12-29(39)41-19-27(37)33(40)16-14-25-24-10-9-22-17-23(35)13-15-31(22,2)30(24)26(36)18-32(25,33)3/h4-8,13,15,17,20,24-26,30,36,40H,9-12,14,16,18-19H2,1-3H3,(H,34,38)/t20-,24-,25+,26+,30-,31-,32-,33-/m0/s1. The number of Topliss-reactive ketones (excluding diaryl/α,β-unsaturated/α-hetero) is 1. The number of hydrogen-bond acceptors (Lipinski definition) is 7. The third-order valence-corrected chi connectivity index (χ3v) is 10.7. The number of rotatable bonds is 8. The van der Waals surface area contributed by atoms with Crippen molar-refractivity contribution in [1.82, 2.24) is 5.32 Å².